The van der Waals surface area contributed by atoms with E-state index in [1.54, 1.807) is 0 Å². The lowest BCUT2D eigenvalue weighted by molar-refractivity contribution is -0.129. The van der Waals surface area contributed by atoms with Crippen molar-refractivity contribution in [1.29, 1.82) is 0 Å². The van der Waals surface area contributed by atoms with Gasteiger partial charge in [-0.05, 0) is 61.1 Å². The third kappa shape index (κ3) is 5.18. The molecule has 4 nitrogen and oxygen atoms in total. The number of hydrogen-bond donors (Lipinski definition) is 2. The van der Waals surface area contributed by atoms with Gasteiger partial charge in [0.25, 0.3) is 5.91 Å². The minimum Gasteiger partial charge on any atom is -0.352 e. The summed E-state index contributed by atoms with van der Waals surface area (Å²) in [6, 6.07) is 24.1. The second kappa shape index (κ2) is 9.99. The Morgan fingerprint density at radius 3 is 2.31 bits per heavy atom. The van der Waals surface area contributed by atoms with Crippen molar-refractivity contribution in [2.45, 2.75) is 63.5 Å². The van der Waals surface area contributed by atoms with Gasteiger partial charge in [-0.1, -0.05) is 79.9 Å². The molecule has 32 heavy (non-hydrogen) atoms. The van der Waals surface area contributed by atoms with Crippen LogP contribution in [0.3, 0.4) is 0 Å². The number of amides is 2. The number of benzene rings is 3. The van der Waals surface area contributed by atoms with Gasteiger partial charge >= 0.3 is 0 Å². The lowest BCUT2D eigenvalue weighted by Crippen LogP contribution is -2.60. The fourth-order valence-electron chi connectivity index (χ4n) is 4.65. The van der Waals surface area contributed by atoms with Crippen molar-refractivity contribution in [3.63, 3.8) is 0 Å². The molecule has 3 aromatic rings. The maximum absolute atomic E-state index is 13.4. The predicted octanol–water partition coefficient (Wildman–Crippen LogP) is 5.41. The summed E-state index contributed by atoms with van der Waals surface area (Å²) >= 11 is 0. The van der Waals surface area contributed by atoms with Gasteiger partial charge in [0, 0.05) is 11.6 Å². The van der Waals surface area contributed by atoms with E-state index in [1.807, 2.05) is 67.6 Å². The summed E-state index contributed by atoms with van der Waals surface area (Å²) in [7, 11) is 0. The van der Waals surface area contributed by atoms with E-state index >= 15 is 0 Å². The average molecular weight is 429 g/mol. The summed E-state index contributed by atoms with van der Waals surface area (Å²) in [5.41, 5.74) is 1.03. The Labute approximate surface area is 190 Å². The summed E-state index contributed by atoms with van der Waals surface area (Å²) in [6.07, 6.45) is 6.15. The smallest absolute Gasteiger partial charge is 0.252 e. The number of hydrogen-bond acceptors (Lipinski definition) is 2. The normalized spacial score (nSPS) is 16.3. The Hall–Kier alpha value is -3.14. The van der Waals surface area contributed by atoms with Gasteiger partial charge in [0.1, 0.15) is 5.54 Å². The molecule has 4 rings (SSSR count). The van der Waals surface area contributed by atoms with Crippen LogP contribution in [-0.4, -0.2) is 23.4 Å². The summed E-state index contributed by atoms with van der Waals surface area (Å²) in [5, 5.41) is 8.46. The van der Waals surface area contributed by atoms with Gasteiger partial charge in [0.05, 0.1) is 0 Å². The monoisotopic (exact) mass is 428 g/mol. The molecular formula is C28H32N2O2. The highest BCUT2D eigenvalue weighted by Gasteiger charge is 2.41. The number of rotatable bonds is 7. The third-order valence-electron chi connectivity index (χ3n) is 6.59. The molecule has 166 valence electrons. The first kappa shape index (κ1) is 22.1. The molecule has 0 saturated heterocycles. The van der Waals surface area contributed by atoms with Crippen molar-refractivity contribution in [2.75, 3.05) is 0 Å². The first-order valence-electron chi connectivity index (χ1n) is 11.7. The third-order valence-corrected chi connectivity index (χ3v) is 6.59. The van der Waals surface area contributed by atoms with Crippen molar-refractivity contribution in [1.82, 2.24) is 10.6 Å². The zero-order chi connectivity index (χ0) is 22.4. The number of nitrogens with one attached hydrogen (secondary N) is 2. The second-order valence-corrected chi connectivity index (χ2v) is 9.06. The van der Waals surface area contributed by atoms with Crippen molar-refractivity contribution < 1.29 is 9.59 Å². The van der Waals surface area contributed by atoms with E-state index in [1.165, 1.54) is 5.56 Å². The van der Waals surface area contributed by atoms with Crippen LogP contribution in [0.1, 0.15) is 61.4 Å². The Kier molecular flexibility index (Phi) is 6.89. The van der Waals surface area contributed by atoms with Gasteiger partial charge in [0.15, 0.2) is 0 Å². The number of carbonyl (C=O) groups is 2. The molecule has 3 aromatic carbocycles. The maximum Gasteiger partial charge on any atom is 0.252 e. The van der Waals surface area contributed by atoms with E-state index in [9.17, 15) is 9.59 Å². The minimum absolute atomic E-state index is 0.0408. The molecule has 4 heteroatoms. The van der Waals surface area contributed by atoms with Crippen LogP contribution < -0.4 is 10.6 Å². The van der Waals surface area contributed by atoms with E-state index in [-0.39, 0.29) is 17.9 Å². The van der Waals surface area contributed by atoms with E-state index in [0.717, 1.165) is 42.9 Å². The Balaban J connectivity index is 1.44. The highest BCUT2D eigenvalue weighted by atomic mass is 16.2. The molecule has 0 aromatic heterocycles. The van der Waals surface area contributed by atoms with Crippen LogP contribution in [0.4, 0.5) is 0 Å². The predicted molar refractivity (Wildman–Crippen MR) is 130 cm³/mol. The lowest BCUT2D eigenvalue weighted by atomic mass is 9.80. The standard InChI is InChI=1S/C28H32N2O2/c1-21(14-15-22-10-4-2-5-11-22)29-27(32)28(18-8-3-9-19-28)30-26(31)25-17-16-23-12-6-7-13-24(23)20-25/h2,4-7,10-13,16-17,20-21H,3,8-9,14-15,18-19H2,1H3,(H,29,32)(H,30,31)/t21-/m1/s1. The van der Waals surface area contributed by atoms with Gasteiger partial charge in [-0.2, -0.15) is 0 Å². The topological polar surface area (TPSA) is 58.2 Å². The minimum atomic E-state index is -0.831. The van der Waals surface area contributed by atoms with Crippen molar-refractivity contribution in [2.24, 2.45) is 0 Å². The lowest BCUT2D eigenvalue weighted by Gasteiger charge is -2.37. The molecule has 0 aliphatic heterocycles. The van der Waals surface area contributed by atoms with Crippen LogP contribution in [0.2, 0.25) is 0 Å². The molecule has 0 heterocycles. The zero-order valence-corrected chi connectivity index (χ0v) is 18.8. The Morgan fingerprint density at radius 1 is 0.875 bits per heavy atom. The van der Waals surface area contributed by atoms with Gasteiger partial charge < -0.3 is 10.6 Å². The largest absolute Gasteiger partial charge is 0.352 e. The first-order valence-corrected chi connectivity index (χ1v) is 11.7. The highest BCUT2D eigenvalue weighted by Crippen LogP contribution is 2.29. The summed E-state index contributed by atoms with van der Waals surface area (Å²) in [5.74, 6) is -0.225. The van der Waals surface area contributed by atoms with Crippen molar-refractivity contribution >= 4 is 22.6 Å². The van der Waals surface area contributed by atoms with Gasteiger partial charge in [-0.3, -0.25) is 9.59 Å². The molecule has 1 fully saturated rings. The first-order chi connectivity index (χ1) is 15.6. The Morgan fingerprint density at radius 2 is 1.56 bits per heavy atom. The molecule has 0 bridgehead atoms. The molecule has 2 amide bonds. The van der Waals surface area contributed by atoms with Gasteiger partial charge in [0.2, 0.25) is 5.91 Å². The summed E-state index contributed by atoms with van der Waals surface area (Å²) in [6.45, 7) is 2.04. The van der Waals surface area contributed by atoms with Crippen LogP contribution in [-0.2, 0) is 11.2 Å². The number of carbonyl (C=O) groups excluding carboxylic acids is 2. The summed E-state index contributed by atoms with van der Waals surface area (Å²) in [4.78, 5) is 26.6. The molecule has 1 aliphatic carbocycles. The number of aryl methyl sites for hydroxylation is 1. The van der Waals surface area contributed by atoms with Crippen LogP contribution >= 0.6 is 0 Å². The molecule has 0 unspecified atom stereocenters. The summed E-state index contributed by atoms with van der Waals surface area (Å²) < 4.78 is 0. The van der Waals surface area contributed by atoms with Crippen molar-refractivity contribution in [3.05, 3.63) is 83.9 Å². The molecule has 0 radical (unpaired) electrons. The zero-order valence-electron chi connectivity index (χ0n) is 18.8. The fourth-order valence-corrected chi connectivity index (χ4v) is 4.65. The van der Waals surface area contributed by atoms with Crippen molar-refractivity contribution in [3.8, 4) is 0 Å². The van der Waals surface area contributed by atoms with Gasteiger partial charge in [-0.15, -0.1) is 0 Å². The second-order valence-electron chi connectivity index (χ2n) is 9.06. The van der Waals surface area contributed by atoms with Crippen LogP contribution in [0.25, 0.3) is 10.8 Å². The Bertz CT molecular complexity index is 1070. The molecule has 2 N–H and O–H groups in total. The SMILES string of the molecule is C[C@H](CCc1ccccc1)NC(=O)C1(NC(=O)c2ccc3ccccc3c2)CCCCC1. The molecule has 1 saturated carbocycles. The fraction of sp³-hybridized carbons (Fsp3) is 0.357. The maximum atomic E-state index is 13.4. The number of fused-ring (bicyclic) bond motifs is 1. The highest BCUT2D eigenvalue weighted by molar-refractivity contribution is 6.02. The van der Waals surface area contributed by atoms with Crippen LogP contribution in [0.15, 0.2) is 72.8 Å². The van der Waals surface area contributed by atoms with E-state index < -0.39 is 5.54 Å². The van der Waals surface area contributed by atoms with E-state index in [4.69, 9.17) is 0 Å². The van der Waals surface area contributed by atoms with Crippen LogP contribution in [0.5, 0.6) is 0 Å². The van der Waals surface area contributed by atoms with Gasteiger partial charge in [-0.25, -0.2) is 0 Å². The van der Waals surface area contributed by atoms with E-state index in [2.05, 4.69) is 22.8 Å². The molecule has 0 spiro atoms. The van der Waals surface area contributed by atoms with Crippen LogP contribution in [0, 0.1) is 0 Å². The molecule has 1 aliphatic rings. The van der Waals surface area contributed by atoms with E-state index in [0.29, 0.717) is 18.4 Å². The quantitative estimate of drug-likeness (QED) is 0.529. The molecule has 1 atom stereocenters. The average Bonchev–Trinajstić information content (AvgIpc) is 2.83. The molecular weight excluding hydrogens is 396 g/mol.